The van der Waals surface area contributed by atoms with Crippen molar-refractivity contribution in [3.8, 4) is 0 Å². The predicted molar refractivity (Wildman–Crippen MR) is 56.4 cm³/mol. The van der Waals surface area contributed by atoms with Crippen LogP contribution in [-0.2, 0) is 19.7 Å². The molecule has 98 valence electrons. The fourth-order valence-electron chi connectivity index (χ4n) is 1.57. The SMILES string of the molecule is COC(=O)NS(=O)(=O)N1CCCC(C(=O)O)C1. The third-order valence-corrected chi connectivity index (χ3v) is 3.91. The van der Waals surface area contributed by atoms with Gasteiger partial charge in [-0.25, -0.2) is 9.52 Å². The van der Waals surface area contributed by atoms with Crippen LogP contribution >= 0.6 is 0 Å². The highest BCUT2D eigenvalue weighted by molar-refractivity contribution is 7.87. The molecule has 0 aromatic carbocycles. The van der Waals surface area contributed by atoms with Crippen LogP contribution in [0.15, 0.2) is 0 Å². The van der Waals surface area contributed by atoms with E-state index < -0.39 is 28.2 Å². The van der Waals surface area contributed by atoms with Gasteiger partial charge in [0.25, 0.3) is 0 Å². The molecule has 9 heteroatoms. The second kappa shape index (κ2) is 5.32. The Labute approximate surface area is 98.7 Å². The van der Waals surface area contributed by atoms with Gasteiger partial charge >= 0.3 is 22.3 Å². The van der Waals surface area contributed by atoms with E-state index in [2.05, 4.69) is 4.74 Å². The molecule has 1 atom stereocenters. The van der Waals surface area contributed by atoms with Gasteiger partial charge in [0.05, 0.1) is 13.0 Å². The van der Waals surface area contributed by atoms with Crippen LogP contribution in [0.1, 0.15) is 12.8 Å². The zero-order valence-corrected chi connectivity index (χ0v) is 10.1. The summed E-state index contributed by atoms with van der Waals surface area (Å²) in [5, 5.41) is 8.82. The number of carbonyl (C=O) groups excluding carboxylic acids is 1. The minimum Gasteiger partial charge on any atom is -0.481 e. The van der Waals surface area contributed by atoms with Gasteiger partial charge in [0, 0.05) is 13.1 Å². The molecule has 17 heavy (non-hydrogen) atoms. The van der Waals surface area contributed by atoms with Crippen molar-refractivity contribution >= 4 is 22.3 Å². The van der Waals surface area contributed by atoms with Gasteiger partial charge in [-0.1, -0.05) is 0 Å². The normalized spacial score (nSPS) is 21.8. The molecule has 1 heterocycles. The first-order chi connectivity index (χ1) is 7.86. The highest BCUT2D eigenvalue weighted by Crippen LogP contribution is 2.18. The van der Waals surface area contributed by atoms with Crippen molar-refractivity contribution in [2.24, 2.45) is 5.92 Å². The predicted octanol–water partition coefficient (Wildman–Crippen LogP) is -0.616. The number of rotatable bonds is 3. The Bertz CT molecular complexity index is 406. The zero-order chi connectivity index (χ0) is 13.1. The summed E-state index contributed by atoms with van der Waals surface area (Å²) in [6, 6.07) is 0. The second-order valence-electron chi connectivity index (χ2n) is 3.63. The number of amides is 1. The summed E-state index contributed by atoms with van der Waals surface area (Å²) in [5.41, 5.74) is 0. The lowest BCUT2D eigenvalue weighted by molar-refractivity contribution is -0.142. The Hall–Kier alpha value is -1.35. The van der Waals surface area contributed by atoms with Gasteiger partial charge in [-0.15, -0.1) is 0 Å². The third-order valence-electron chi connectivity index (χ3n) is 2.47. The van der Waals surface area contributed by atoms with Gasteiger partial charge in [-0.05, 0) is 12.8 Å². The van der Waals surface area contributed by atoms with E-state index >= 15 is 0 Å². The smallest absolute Gasteiger partial charge is 0.421 e. The molecule has 0 aromatic rings. The molecule has 0 aliphatic carbocycles. The summed E-state index contributed by atoms with van der Waals surface area (Å²) in [6.07, 6.45) is -0.221. The van der Waals surface area contributed by atoms with Crippen molar-refractivity contribution in [3.05, 3.63) is 0 Å². The van der Waals surface area contributed by atoms with Crippen LogP contribution in [0.3, 0.4) is 0 Å². The number of hydrogen-bond acceptors (Lipinski definition) is 5. The molecular formula is C8H14N2O6S. The number of piperidine rings is 1. The second-order valence-corrected chi connectivity index (χ2v) is 5.30. The standard InChI is InChI=1S/C8H14N2O6S/c1-16-8(13)9-17(14,15)10-4-2-3-6(5-10)7(11)12/h6H,2-5H2,1H3,(H,9,13)(H,11,12). The lowest BCUT2D eigenvalue weighted by Crippen LogP contribution is -2.48. The monoisotopic (exact) mass is 266 g/mol. The molecule has 0 aromatic heterocycles. The van der Waals surface area contributed by atoms with Gasteiger partial charge in [0.15, 0.2) is 0 Å². The first-order valence-corrected chi connectivity index (χ1v) is 6.39. The van der Waals surface area contributed by atoms with Crippen molar-refractivity contribution in [1.29, 1.82) is 0 Å². The maximum Gasteiger partial charge on any atom is 0.421 e. The molecule has 1 unspecified atom stereocenters. The van der Waals surface area contributed by atoms with Gasteiger partial charge in [-0.2, -0.15) is 12.7 Å². The number of methoxy groups -OCH3 is 1. The summed E-state index contributed by atoms with van der Waals surface area (Å²) >= 11 is 0. The zero-order valence-electron chi connectivity index (χ0n) is 9.25. The van der Waals surface area contributed by atoms with Crippen molar-refractivity contribution in [2.45, 2.75) is 12.8 Å². The van der Waals surface area contributed by atoms with Crippen LogP contribution in [0.5, 0.6) is 0 Å². The lowest BCUT2D eigenvalue weighted by atomic mass is 10.0. The van der Waals surface area contributed by atoms with Crippen LogP contribution in [0.4, 0.5) is 4.79 Å². The van der Waals surface area contributed by atoms with Crippen molar-refractivity contribution in [1.82, 2.24) is 9.03 Å². The maximum absolute atomic E-state index is 11.6. The van der Waals surface area contributed by atoms with Crippen LogP contribution in [0.25, 0.3) is 0 Å². The molecule has 0 bridgehead atoms. The fraction of sp³-hybridized carbons (Fsp3) is 0.750. The molecule has 2 N–H and O–H groups in total. The number of nitrogens with one attached hydrogen (secondary N) is 1. The largest absolute Gasteiger partial charge is 0.481 e. The molecule has 1 saturated heterocycles. The van der Waals surface area contributed by atoms with E-state index in [0.29, 0.717) is 12.8 Å². The molecular weight excluding hydrogens is 252 g/mol. The Morgan fingerprint density at radius 1 is 1.47 bits per heavy atom. The number of ether oxygens (including phenoxy) is 1. The van der Waals surface area contributed by atoms with E-state index in [-0.39, 0.29) is 13.1 Å². The Morgan fingerprint density at radius 2 is 2.12 bits per heavy atom. The van der Waals surface area contributed by atoms with Gasteiger partial charge < -0.3 is 9.84 Å². The highest BCUT2D eigenvalue weighted by atomic mass is 32.2. The lowest BCUT2D eigenvalue weighted by Gasteiger charge is -2.29. The minimum atomic E-state index is -4.02. The van der Waals surface area contributed by atoms with Gasteiger partial charge in [0.2, 0.25) is 0 Å². The molecule has 1 rings (SSSR count). The summed E-state index contributed by atoms with van der Waals surface area (Å²) in [4.78, 5) is 21.6. The Kier molecular flexibility index (Phi) is 4.29. The summed E-state index contributed by atoms with van der Waals surface area (Å²) in [5.74, 6) is -1.78. The summed E-state index contributed by atoms with van der Waals surface area (Å²) in [7, 11) is -2.97. The van der Waals surface area contributed by atoms with Crippen molar-refractivity contribution in [2.75, 3.05) is 20.2 Å². The van der Waals surface area contributed by atoms with E-state index in [1.165, 1.54) is 0 Å². The average molecular weight is 266 g/mol. The van der Waals surface area contributed by atoms with E-state index in [0.717, 1.165) is 11.4 Å². The quantitative estimate of drug-likeness (QED) is 0.704. The summed E-state index contributed by atoms with van der Waals surface area (Å²) in [6.45, 7) is 0.0533. The van der Waals surface area contributed by atoms with E-state index in [9.17, 15) is 18.0 Å². The molecule has 0 radical (unpaired) electrons. The van der Waals surface area contributed by atoms with E-state index in [4.69, 9.17) is 5.11 Å². The number of hydrogen-bond donors (Lipinski definition) is 2. The number of carboxylic acid groups (broad SMARTS) is 1. The Morgan fingerprint density at radius 3 is 2.65 bits per heavy atom. The first-order valence-electron chi connectivity index (χ1n) is 4.95. The summed E-state index contributed by atoms with van der Waals surface area (Å²) < 4.78 is 30.1. The fourth-order valence-corrected chi connectivity index (χ4v) is 2.74. The Balaban J connectivity index is 2.71. The van der Waals surface area contributed by atoms with Gasteiger partial charge in [-0.3, -0.25) is 4.79 Å². The van der Waals surface area contributed by atoms with E-state index in [1.54, 1.807) is 4.72 Å². The average Bonchev–Trinajstić information content (AvgIpc) is 2.28. The van der Waals surface area contributed by atoms with Crippen LogP contribution in [0.2, 0.25) is 0 Å². The van der Waals surface area contributed by atoms with E-state index in [1.807, 2.05) is 0 Å². The van der Waals surface area contributed by atoms with Crippen LogP contribution in [-0.4, -0.2) is 50.1 Å². The maximum atomic E-state index is 11.6. The van der Waals surface area contributed by atoms with Crippen molar-refractivity contribution in [3.63, 3.8) is 0 Å². The number of nitrogens with zero attached hydrogens (tertiary/aromatic N) is 1. The highest BCUT2D eigenvalue weighted by Gasteiger charge is 2.33. The first kappa shape index (κ1) is 13.7. The third kappa shape index (κ3) is 3.56. The van der Waals surface area contributed by atoms with Gasteiger partial charge in [0.1, 0.15) is 0 Å². The van der Waals surface area contributed by atoms with Crippen molar-refractivity contribution < 1.29 is 27.9 Å². The molecule has 1 fully saturated rings. The van der Waals surface area contributed by atoms with Crippen LogP contribution in [0, 0.1) is 5.92 Å². The number of aliphatic carboxylic acids is 1. The molecule has 0 saturated carbocycles. The topological polar surface area (TPSA) is 113 Å². The molecule has 1 aliphatic heterocycles. The molecule has 1 amide bonds. The number of carboxylic acids is 1. The molecule has 8 nitrogen and oxygen atoms in total. The van der Waals surface area contributed by atoms with Crippen LogP contribution < -0.4 is 4.72 Å². The minimum absolute atomic E-state index is 0.137. The number of carbonyl (C=O) groups is 2. The molecule has 0 spiro atoms. The molecule has 1 aliphatic rings.